The van der Waals surface area contributed by atoms with Crippen molar-refractivity contribution in [3.63, 3.8) is 0 Å². The summed E-state index contributed by atoms with van der Waals surface area (Å²) < 4.78 is 26.3. The molecule has 0 radical (unpaired) electrons. The van der Waals surface area contributed by atoms with Crippen LogP contribution in [0.5, 0.6) is 0 Å². The monoisotopic (exact) mass is 534 g/mol. The van der Waals surface area contributed by atoms with Crippen LogP contribution in [0.2, 0.25) is 0 Å². The number of carbonyl (C=O) groups is 1. The van der Waals surface area contributed by atoms with Crippen LogP contribution in [0.3, 0.4) is 0 Å². The number of aryl methyl sites for hydroxylation is 3. The van der Waals surface area contributed by atoms with Crippen LogP contribution in [0.1, 0.15) is 52.6 Å². The number of carboxylic acid groups (broad SMARTS) is 1. The van der Waals surface area contributed by atoms with Gasteiger partial charge in [-0.05, 0) is 71.7 Å². The first-order chi connectivity index (χ1) is 18.1. The molecular weight excluding hydrogens is 500 g/mol. The third kappa shape index (κ3) is 4.82. The highest BCUT2D eigenvalue weighted by Gasteiger charge is 2.33. The highest BCUT2D eigenvalue weighted by Crippen LogP contribution is 2.56. The fourth-order valence-corrected chi connectivity index (χ4v) is 7.43. The summed E-state index contributed by atoms with van der Waals surface area (Å²) in [6, 6.07) is 17.5. The van der Waals surface area contributed by atoms with E-state index in [9.17, 15) is 19.0 Å². The Morgan fingerprint density at radius 2 is 1.89 bits per heavy atom. The quantitative estimate of drug-likeness (QED) is 0.282. The van der Waals surface area contributed by atoms with Gasteiger partial charge in [0.15, 0.2) is 0 Å². The number of aliphatic carboxylic acids is 1. The van der Waals surface area contributed by atoms with Gasteiger partial charge in [-0.1, -0.05) is 54.6 Å². The molecule has 0 spiro atoms. The lowest BCUT2D eigenvalue weighted by Gasteiger charge is -2.43. The summed E-state index contributed by atoms with van der Waals surface area (Å²) in [6.45, 7) is 6.98. The Hall–Kier alpha value is -3.24. The maximum Gasteiger partial charge on any atom is 0.304 e. The highest BCUT2D eigenvalue weighted by atomic mass is 32.3. The van der Waals surface area contributed by atoms with Crippen LogP contribution < -0.4 is 0 Å². The Kier molecular flexibility index (Phi) is 7.04. The van der Waals surface area contributed by atoms with E-state index in [1.807, 2.05) is 75.5 Å². The average Bonchev–Trinajstić information content (AvgIpc) is 3.21. The minimum absolute atomic E-state index is 0.0710. The highest BCUT2D eigenvalue weighted by molar-refractivity contribution is 8.22. The molecule has 0 amide bonds. The van der Waals surface area contributed by atoms with Gasteiger partial charge in [0.1, 0.15) is 5.52 Å². The van der Waals surface area contributed by atoms with Crippen molar-refractivity contribution in [2.24, 2.45) is 13.0 Å². The molecule has 0 fully saturated rings. The lowest BCUT2D eigenvalue weighted by molar-refractivity contribution is -0.137. The molecule has 1 aliphatic rings. The molecule has 0 saturated carbocycles. The fraction of sp³-hybridized carbons (Fsp3) is 0.345. The number of hydrogen-bond acceptors (Lipinski definition) is 6. The Bertz CT molecular complexity index is 1520. The molecule has 38 heavy (non-hydrogen) atoms. The molecular formula is C29H34N4O4S. The van der Waals surface area contributed by atoms with Crippen LogP contribution in [0.15, 0.2) is 59.5 Å². The molecule has 8 nitrogen and oxygen atoms in total. The van der Waals surface area contributed by atoms with E-state index in [1.54, 1.807) is 8.99 Å². The number of carboxylic acids is 1. The van der Waals surface area contributed by atoms with Crippen LogP contribution >= 0.6 is 10.8 Å². The molecule has 4 aromatic rings. The lowest BCUT2D eigenvalue weighted by Crippen LogP contribution is -2.30. The van der Waals surface area contributed by atoms with Gasteiger partial charge in [0.25, 0.3) is 0 Å². The molecule has 2 heterocycles. The summed E-state index contributed by atoms with van der Waals surface area (Å²) in [4.78, 5) is 12.6. The van der Waals surface area contributed by atoms with Crippen molar-refractivity contribution in [2.75, 3.05) is 6.54 Å². The first-order valence-electron chi connectivity index (χ1n) is 12.8. The van der Waals surface area contributed by atoms with Crippen LogP contribution in [0.4, 0.5) is 0 Å². The van der Waals surface area contributed by atoms with Gasteiger partial charge in [0.05, 0.1) is 16.8 Å². The summed E-state index contributed by atoms with van der Waals surface area (Å²) in [6.07, 6.45) is 0.713. The summed E-state index contributed by atoms with van der Waals surface area (Å²) >= 11 is 0. The standard InChI is InChI=1S/C29H34N4O4S/c1-18-13-22-7-5-6-8-27(22)38(36,37)33(16-18)17-23-14-21(10-9-19(23)2)25(15-28(34)35)24-11-12-26-29(20(24)3)30-31-32(26)4/h5-12,14,18,25,36-37H,13,15-17H2,1-4H3,(H,34,35). The molecule has 3 aromatic carbocycles. The number of rotatable bonds is 6. The zero-order valence-electron chi connectivity index (χ0n) is 22.1. The van der Waals surface area contributed by atoms with E-state index in [4.69, 9.17) is 0 Å². The topological polar surface area (TPSA) is 112 Å². The molecule has 0 aliphatic carbocycles. The van der Waals surface area contributed by atoms with Gasteiger partial charge in [0.2, 0.25) is 0 Å². The molecule has 2 unspecified atom stereocenters. The molecule has 3 N–H and O–H groups in total. The Labute approximate surface area is 224 Å². The maximum absolute atomic E-state index is 12.0. The third-order valence-corrected chi connectivity index (χ3v) is 9.65. The lowest BCUT2D eigenvalue weighted by atomic mass is 9.84. The van der Waals surface area contributed by atoms with Gasteiger partial charge in [-0.2, -0.15) is 4.31 Å². The van der Waals surface area contributed by atoms with Crippen molar-refractivity contribution in [2.45, 2.75) is 51.0 Å². The average molecular weight is 535 g/mol. The minimum atomic E-state index is -3.18. The molecule has 2 atom stereocenters. The van der Waals surface area contributed by atoms with Crippen molar-refractivity contribution in [1.82, 2.24) is 19.3 Å². The third-order valence-electron chi connectivity index (χ3n) is 7.67. The van der Waals surface area contributed by atoms with E-state index in [2.05, 4.69) is 17.2 Å². The van der Waals surface area contributed by atoms with E-state index >= 15 is 0 Å². The number of hydrogen-bond donors (Lipinski definition) is 3. The molecule has 1 aromatic heterocycles. The van der Waals surface area contributed by atoms with E-state index < -0.39 is 16.7 Å². The van der Waals surface area contributed by atoms with Crippen molar-refractivity contribution in [3.05, 3.63) is 88.0 Å². The minimum Gasteiger partial charge on any atom is -0.481 e. The van der Waals surface area contributed by atoms with E-state index in [-0.39, 0.29) is 18.3 Å². The van der Waals surface area contributed by atoms with Crippen LogP contribution in [-0.4, -0.2) is 46.0 Å². The van der Waals surface area contributed by atoms with Gasteiger partial charge in [-0.25, -0.2) is 4.68 Å². The van der Waals surface area contributed by atoms with Gasteiger partial charge < -0.3 is 5.11 Å². The molecule has 200 valence electrons. The Balaban J connectivity index is 1.54. The Morgan fingerprint density at radius 1 is 1.13 bits per heavy atom. The van der Waals surface area contributed by atoms with Crippen molar-refractivity contribution >= 4 is 27.8 Å². The fourth-order valence-electron chi connectivity index (χ4n) is 5.60. The largest absolute Gasteiger partial charge is 0.481 e. The van der Waals surface area contributed by atoms with Crippen molar-refractivity contribution < 1.29 is 19.0 Å². The normalized spacial score (nSPS) is 19.1. The van der Waals surface area contributed by atoms with Gasteiger partial charge in [-0.15, -0.1) is 15.9 Å². The number of benzene rings is 3. The predicted molar refractivity (Wildman–Crippen MR) is 149 cm³/mol. The first kappa shape index (κ1) is 26.4. The zero-order valence-corrected chi connectivity index (χ0v) is 22.9. The summed E-state index contributed by atoms with van der Waals surface area (Å²) in [5, 5.41) is 18.2. The van der Waals surface area contributed by atoms with Crippen LogP contribution in [0, 0.1) is 19.8 Å². The van der Waals surface area contributed by atoms with Crippen LogP contribution in [0.25, 0.3) is 11.0 Å². The summed E-state index contributed by atoms with van der Waals surface area (Å²) in [5.74, 6) is -1.03. The molecule has 9 heteroatoms. The first-order valence-corrected chi connectivity index (χ1v) is 14.3. The summed E-state index contributed by atoms with van der Waals surface area (Å²) in [7, 11) is -1.34. The van der Waals surface area contributed by atoms with Crippen molar-refractivity contribution in [1.29, 1.82) is 0 Å². The number of nitrogens with zero attached hydrogens (tertiary/aromatic N) is 4. The van der Waals surface area contributed by atoms with Gasteiger partial charge in [0, 0.05) is 26.1 Å². The second kappa shape index (κ2) is 10.1. The maximum atomic E-state index is 12.0. The Morgan fingerprint density at radius 3 is 2.66 bits per heavy atom. The van der Waals surface area contributed by atoms with E-state index in [0.29, 0.717) is 18.0 Å². The summed E-state index contributed by atoms with van der Waals surface area (Å²) in [5.41, 5.74) is 7.29. The van der Waals surface area contributed by atoms with E-state index in [0.717, 1.165) is 50.8 Å². The molecule has 0 bridgehead atoms. The molecule has 5 rings (SSSR count). The molecule has 0 saturated heterocycles. The van der Waals surface area contributed by atoms with Gasteiger partial charge in [-0.3, -0.25) is 13.9 Å². The molecule has 1 aliphatic heterocycles. The van der Waals surface area contributed by atoms with E-state index in [1.165, 1.54) is 0 Å². The second-order valence-corrected chi connectivity index (χ2v) is 12.4. The smallest absolute Gasteiger partial charge is 0.304 e. The van der Waals surface area contributed by atoms with Gasteiger partial charge >= 0.3 is 5.97 Å². The number of aromatic nitrogens is 3. The predicted octanol–water partition coefficient (Wildman–Crippen LogP) is 5.91. The van der Waals surface area contributed by atoms with Crippen molar-refractivity contribution in [3.8, 4) is 0 Å². The van der Waals surface area contributed by atoms with Crippen LogP contribution in [-0.2, 0) is 24.8 Å². The second-order valence-electron chi connectivity index (χ2n) is 10.5. The number of fused-ring (bicyclic) bond motifs is 2. The SMILES string of the molecule is Cc1ccc(C(CC(=O)O)c2ccc3c(nnn3C)c2C)cc1CN1CC(C)Cc2ccccc2S1(O)O. The zero-order chi connectivity index (χ0) is 27.2.